The Morgan fingerprint density at radius 3 is 2.26 bits per heavy atom. The molecule has 0 unspecified atom stereocenters. The SMILES string of the molecule is CN1CCN(S(=O)(=O)N2CCN(C(=O)[C@@]34CCCC[C@H]3CNC4)CC2)CC1. The highest BCUT2D eigenvalue weighted by Crippen LogP contribution is 2.45. The molecule has 0 aromatic rings. The van der Waals surface area contributed by atoms with Crippen LogP contribution in [0.15, 0.2) is 0 Å². The van der Waals surface area contributed by atoms with E-state index in [1.165, 1.54) is 6.42 Å². The zero-order valence-corrected chi connectivity index (χ0v) is 17.2. The van der Waals surface area contributed by atoms with E-state index in [4.69, 9.17) is 0 Å². The molecule has 0 bridgehead atoms. The van der Waals surface area contributed by atoms with Crippen LogP contribution < -0.4 is 5.32 Å². The maximum absolute atomic E-state index is 13.4. The minimum Gasteiger partial charge on any atom is -0.340 e. The summed E-state index contributed by atoms with van der Waals surface area (Å²) in [6.07, 6.45) is 4.46. The third-order valence-electron chi connectivity index (χ3n) is 7.10. The molecule has 3 heterocycles. The highest BCUT2D eigenvalue weighted by atomic mass is 32.2. The minimum absolute atomic E-state index is 0.239. The van der Waals surface area contributed by atoms with Gasteiger partial charge in [0.2, 0.25) is 5.91 Å². The fourth-order valence-corrected chi connectivity index (χ4v) is 6.86. The molecule has 1 saturated carbocycles. The smallest absolute Gasteiger partial charge is 0.282 e. The first-order chi connectivity index (χ1) is 12.9. The second kappa shape index (κ2) is 7.59. The van der Waals surface area contributed by atoms with Crippen LogP contribution in [0.4, 0.5) is 0 Å². The fourth-order valence-electron chi connectivity index (χ4n) is 5.29. The molecule has 4 aliphatic rings. The summed E-state index contributed by atoms with van der Waals surface area (Å²) in [5.41, 5.74) is -0.239. The van der Waals surface area contributed by atoms with Crippen LogP contribution in [-0.4, -0.2) is 105 Å². The Morgan fingerprint density at radius 2 is 1.59 bits per heavy atom. The van der Waals surface area contributed by atoms with E-state index in [0.717, 1.165) is 45.4 Å². The maximum atomic E-state index is 13.4. The first kappa shape index (κ1) is 19.6. The van der Waals surface area contributed by atoms with Gasteiger partial charge in [-0.1, -0.05) is 12.8 Å². The van der Waals surface area contributed by atoms with Gasteiger partial charge in [-0.2, -0.15) is 17.0 Å². The normalized spacial score (nSPS) is 34.6. The average molecular weight is 400 g/mol. The van der Waals surface area contributed by atoms with Crippen molar-refractivity contribution in [1.82, 2.24) is 23.7 Å². The molecule has 0 spiro atoms. The molecule has 3 aliphatic heterocycles. The number of likely N-dealkylation sites (N-methyl/N-ethyl adjacent to an activating group) is 1. The maximum Gasteiger partial charge on any atom is 0.282 e. The van der Waals surface area contributed by atoms with Crippen LogP contribution in [0.3, 0.4) is 0 Å². The number of carbonyl (C=O) groups is 1. The number of hydrogen-bond acceptors (Lipinski definition) is 5. The molecule has 4 fully saturated rings. The number of piperazine rings is 2. The molecule has 1 amide bonds. The summed E-state index contributed by atoms with van der Waals surface area (Å²) in [4.78, 5) is 17.4. The number of hydrogen-bond donors (Lipinski definition) is 1. The topological polar surface area (TPSA) is 76.2 Å². The van der Waals surface area contributed by atoms with Crippen molar-refractivity contribution in [2.24, 2.45) is 11.3 Å². The van der Waals surface area contributed by atoms with E-state index in [1.807, 2.05) is 11.9 Å². The Labute approximate surface area is 163 Å². The van der Waals surface area contributed by atoms with Crippen LogP contribution in [0.2, 0.25) is 0 Å². The van der Waals surface area contributed by atoms with Gasteiger partial charge >= 0.3 is 0 Å². The Morgan fingerprint density at radius 1 is 0.963 bits per heavy atom. The summed E-state index contributed by atoms with van der Waals surface area (Å²) >= 11 is 0. The lowest BCUT2D eigenvalue weighted by molar-refractivity contribution is -0.146. The Balaban J connectivity index is 1.38. The number of nitrogens with one attached hydrogen (secondary N) is 1. The Bertz CT molecular complexity index is 656. The van der Waals surface area contributed by atoms with Crippen LogP contribution in [0.5, 0.6) is 0 Å². The van der Waals surface area contributed by atoms with E-state index in [2.05, 4.69) is 10.2 Å². The van der Waals surface area contributed by atoms with Crippen LogP contribution in [-0.2, 0) is 15.0 Å². The Hall–Kier alpha value is -0.740. The van der Waals surface area contributed by atoms with Gasteiger partial charge in [0.05, 0.1) is 5.41 Å². The Kier molecular flexibility index (Phi) is 5.50. The van der Waals surface area contributed by atoms with Crippen molar-refractivity contribution in [2.75, 3.05) is 72.5 Å². The predicted octanol–water partition coefficient (Wildman–Crippen LogP) is -0.597. The molecule has 0 aromatic heterocycles. The van der Waals surface area contributed by atoms with Crippen molar-refractivity contribution in [1.29, 1.82) is 0 Å². The number of rotatable bonds is 3. The molecule has 3 saturated heterocycles. The summed E-state index contributed by atoms with van der Waals surface area (Å²) < 4.78 is 29.0. The van der Waals surface area contributed by atoms with Crippen molar-refractivity contribution in [3.8, 4) is 0 Å². The lowest BCUT2D eigenvalue weighted by Crippen LogP contribution is -2.59. The van der Waals surface area contributed by atoms with Gasteiger partial charge in [-0.05, 0) is 32.4 Å². The quantitative estimate of drug-likeness (QED) is 0.686. The molecule has 154 valence electrons. The zero-order valence-electron chi connectivity index (χ0n) is 16.4. The van der Waals surface area contributed by atoms with E-state index in [-0.39, 0.29) is 11.3 Å². The average Bonchev–Trinajstić information content (AvgIpc) is 3.13. The second-order valence-electron chi connectivity index (χ2n) is 8.63. The fraction of sp³-hybridized carbons (Fsp3) is 0.944. The van der Waals surface area contributed by atoms with Crippen molar-refractivity contribution in [2.45, 2.75) is 25.7 Å². The van der Waals surface area contributed by atoms with Crippen LogP contribution in [0.25, 0.3) is 0 Å². The molecular weight excluding hydrogens is 366 g/mol. The summed E-state index contributed by atoms with van der Waals surface area (Å²) in [5.74, 6) is 0.708. The number of carbonyl (C=O) groups excluding carboxylic acids is 1. The molecule has 1 aliphatic carbocycles. The predicted molar refractivity (Wildman–Crippen MR) is 103 cm³/mol. The van der Waals surface area contributed by atoms with Crippen LogP contribution in [0, 0.1) is 11.3 Å². The lowest BCUT2D eigenvalue weighted by Gasteiger charge is -2.44. The number of amides is 1. The molecule has 0 aromatic carbocycles. The standard InChI is InChI=1S/C18H33N5O3S/c1-20-6-10-22(11-7-20)27(25,26)23-12-8-21(9-13-23)17(24)18-5-3-2-4-16(18)14-19-15-18/h16,19H,2-15H2,1H3/t16-,18+/m0/s1. The van der Waals surface area contributed by atoms with E-state index < -0.39 is 10.2 Å². The third kappa shape index (κ3) is 3.53. The zero-order chi connectivity index (χ0) is 19.1. The monoisotopic (exact) mass is 399 g/mol. The van der Waals surface area contributed by atoms with Gasteiger partial charge in [-0.15, -0.1) is 0 Å². The van der Waals surface area contributed by atoms with Gasteiger partial charge in [0, 0.05) is 58.9 Å². The second-order valence-corrected chi connectivity index (χ2v) is 10.6. The van der Waals surface area contributed by atoms with Crippen molar-refractivity contribution < 1.29 is 13.2 Å². The molecule has 8 nitrogen and oxygen atoms in total. The van der Waals surface area contributed by atoms with E-state index in [0.29, 0.717) is 45.2 Å². The molecule has 0 radical (unpaired) electrons. The van der Waals surface area contributed by atoms with E-state index >= 15 is 0 Å². The summed E-state index contributed by atoms with van der Waals surface area (Å²) in [7, 11) is -1.39. The molecule has 1 N–H and O–H groups in total. The van der Waals surface area contributed by atoms with Gasteiger partial charge in [0.25, 0.3) is 10.2 Å². The van der Waals surface area contributed by atoms with Crippen molar-refractivity contribution in [3.63, 3.8) is 0 Å². The van der Waals surface area contributed by atoms with Gasteiger partial charge in [0.15, 0.2) is 0 Å². The highest BCUT2D eigenvalue weighted by Gasteiger charge is 2.51. The summed E-state index contributed by atoms with van der Waals surface area (Å²) in [5, 5.41) is 3.44. The third-order valence-corrected chi connectivity index (χ3v) is 9.14. The first-order valence-corrected chi connectivity index (χ1v) is 11.8. The minimum atomic E-state index is -3.41. The largest absolute Gasteiger partial charge is 0.340 e. The molecule has 27 heavy (non-hydrogen) atoms. The van der Waals surface area contributed by atoms with Gasteiger partial charge in [-0.3, -0.25) is 4.79 Å². The van der Waals surface area contributed by atoms with Crippen LogP contribution >= 0.6 is 0 Å². The molecule has 9 heteroatoms. The lowest BCUT2D eigenvalue weighted by atomic mass is 9.67. The molecule has 4 rings (SSSR count). The van der Waals surface area contributed by atoms with Crippen molar-refractivity contribution >= 4 is 16.1 Å². The molecule has 2 atom stereocenters. The van der Waals surface area contributed by atoms with E-state index in [1.54, 1.807) is 8.61 Å². The first-order valence-electron chi connectivity index (χ1n) is 10.4. The van der Waals surface area contributed by atoms with E-state index in [9.17, 15) is 13.2 Å². The summed E-state index contributed by atoms with van der Waals surface area (Å²) in [6.45, 7) is 6.23. The molecular formula is C18H33N5O3S. The number of fused-ring (bicyclic) bond motifs is 1. The van der Waals surface area contributed by atoms with Crippen LogP contribution in [0.1, 0.15) is 25.7 Å². The van der Waals surface area contributed by atoms with Gasteiger partial charge < -0.3 is 15.1 Å². The van der Waals surface area contributed by atoms with Gasteiger partial charge in [-0.25, -0.2) is 0 Å². The van der Waals surface area contributed by atoms with Crippen molar-refractivity contribution in [3.05, 3.63) is 0 Å². The van der Waals surface area contributed by atoms with Gasteiger partial charge in [0.1, 0.15) is 0 Å². The summed E-state index contributed by atoms with van der Waals surface area (Å²) in [6, 6.07) is 0. The highest BCUT2D eigenvalue weighted by molar-refractivity contribution is 7.86. The number of nitrogens with zero attached hydrogens (tertiary/aromatic N) is 4.